The molecule has 0 spiro atoms. The van der Waals surface area contributed by atoms with Gasteiger partial charge in [-0.25, -0.2) is 18.9 Å². The van der Waals surface area contributed by atoms with Gasteiger partial charge in [0.05, 0.1) is 18.3 Å². The third kappa shape index (κ3) is 3.77. The summed E-state index contributed by atoms with van der Waals surface area (Å²) in [6.45, 7) is 2.42. The van der Waals surface area contributed by atoms with Crippen molar-refractivity contribution >= 4 is 11.7 Å². The molecule has 2 amide bonds. The van der Waals surface area contributed by atoms with Gasteiger partial charge in [-0.15, -0.1) is 15.0 Å². The van der Waals surface area contributed by atoms with Crippen LogP contribution in [0, 0.1) is 5.82 Å². The Hall–Kier alpha value is -4.19. The van der Waals surface area contributed by atoms with Gasteiger partial charge in [0, 0.05) is 24.3 Å². The van der Waals surface area contributed by atoms with Crippen molar-refractivity contribution < 1.29 is 14.3 Å². The lowest BCUT2D eigenvalue weighted by atomic mass is 9.85. The van der Waals surface area contributed by atoms with Gasteiger partial charge in [-0.3, -0.25) is 4.90 Å². The lowest BCUT2D eigenvalue weighted by Gasteiger charge is -2.39. The zero-order valence-electron chi connectivity index (χ0n) is 18.3. The van der Waals surface area contributed by atoms with Gasteiger partial charge in [0.25, 0.3) is 0 Å². The Morgan fingerprint density at radius 1 is 1.06 bits per heavy atom. The number of carbonyl (C=O) groups excluding carboxylic acids is 1. The Morgan fingerprint density at radius 2 is 1.82 bits per heavy atom. The van der Waals surface area contributed by atoms with Crippen molar-refractivity contribution in [3.8, 4) is 5.69 Å². The fourth-order valence-electron chi connectivity index (χ4n) is 4.28. The molecule has 11 nitrogen and oxygen atoms in total. The van der Waals surface area contributed by atoms with Gasteiger partial charge in [-0.05, 0) is 42.5 Å². The van der Waals surface area contributed by atoms with Crippen LogP contribution in [0.2, 0.25) is 0 Å². The number of hydrogen-bond donors (Lipinski definition) is 1. The number of halogens is 1. The van der Waals surface area contributed by atoms with E-state index >= 15 is 0 Å². The van der Waals surface area contributed by atoms with Crippen molar-refractivity contribution in [2.24, 2.45) is 0 Å². The first kappa shape index (κ1) is 21.6. The van der Waals surface area contributed by atoms with E-state index in [2.05, 4.69) is 25.5 Å². The van der Waals surface area contributed by atoms with E-state index in [1.807, 2.05) is 0 Å². The van der Waals surface area contributed by atoms with E-state index in [0.717, 1.165) is 0 Å². The number of hydrogen-bond acceptors (Lipinski definition) is 7. The molecular weight excluding hydrogens is 441 g/mol. The van der Waals surface area contributed by atoms with Crippen LogP contribution in [0.15, 0.2) is 67.5 Å². The molecule has 3 heterocycles. The normalized spacial score (nSPS) is 16.6. The summed E-state index contributed by atoms with van der Waals surface area (Å²) in [4.78, 5) is 21.9. The number of tetrazole rings is 1. The monoisotopic (exact) mass is 463 g/mol. The number of anilines is 1. The SMILES string of the molecule is C[C@@H](N1CCN(c2ccc(-n3ncnn3)cc2)C1=O)[C@](O)(Cn1cncn1)c1ccccc1F. The van der Waals surface area contributed by atoms with E-state index in [4.69, 9.17) is 0 Å². The van der Waals surface area contributed by atoms with Crippen LogP contribution in [-0.2, 0) is 12.1 Å². The summed E-state index contributed by atoms with van der Waals surface area (Å²) < 4.78 is 16.2. The lowest BCUT2D eigenvalue weighted by Crippen LogP contribution is -2.53. The van der Waals surface area contributed by atoms with Crippen LogP contribution in [0.1, 0.15) is 12.5 Å². The summed E-state index contributed by atoms with van der Waals surface area (Å²) >= 11 is 0. The topological polar surface area (TPSA) is 118 Å². The molecule has 1 saturated heterocycles. The van der Waals surface area contributed by atoms with Gasteiger partial charge in [0.2, 0.25) is 0 Å². The largest absolute Gasteiger partial charge is 0.381 e. The van der Waals surface area contributed by atoms with E-state index in [-0.39, 0.29) is 18.1 Å². The molecule has 12 heteroatoms. The summed E-state index contributed by atoms with van der Waals surface area (Å²) in [5.74, 6) is -0.558. The second-order valence-electron chi connectivity index (χ2n) is 8.04. The van der Waals surface area contributed by atoms with Crippen molar-refractivity contribution in [2.75, 3.05) is 18.0 Å². The molecule has 0 unspecified atom stereocenters. The van der Waals surface area contributed by atoms with Crippen LogP contribution < -0.4 is 4.90 Å². The van der Waals surface area contributed by atoms with Crippen LogP contribution in [0.3, 0.4) is 0 Å². The third-order valence-corrected chi connectivity index (χ3v) is 6.15. The van der Waals surface area contributed by atoms with Crippen LogP contribution in [0.25, 0.3) is 5.69 Å². The minimum absolute atomic E-state index is 0.0709. The minimum Gasteiger partial charge on any atom is -0.381 e. The zero-order valence-corrected chi connectivity index (χ0v) is 18.3. The van der Waals surface area contributed by atoms with Gasteiger partial charge in [0.1, 0.15) is 24.1 Å². The van der Waals surface area contributed by atoms with Crippen molar-refractivity contribution in [1.82, 2.24) is 39.9 Å². The Kier molecular flexibility index (Phi) is 5.49. The summed E-state index contributed by atoms with van der Waals surface area (Å²) in [5.41, 5.74) is -0.254. The van der Waals surface area contributed by atoms with E-state index in [0.29, 0.717) is 24.5 Å². The number of carbonyl (C=O) groups is 1. The van der Waals surface area contributed by atoms with Crippen LogP contribution in [-0.4, -0.2) is 70.1 Å². The van der Waals surface area contributed by atoms with Crippen LogP contribution >= 0.6 is 0 Å². The first-order valence-electron chi connectivity index (χ1n) is 10.7. The fraction of sp³-hybridized carbons (Fsp3) is 0.273. The van der Waals surface area contributed by atoms with Gasteiger partial charge in [0.15, 0.2) is 6.33 Å². The van der Waals surface area contributed by atoms with Crippen molar-refractivity contribution in [3.63, 3.8) is 0 Å². The summed E-state index contributed by atoms with van der Waals surface area (Å²) in [7, 11) is 0. The molecule has 0 radical (unpaired) electrons. The first-order valence-corrected chi connectivity index (χ1v) is 10.7. The van der Waals surface area contributed by atoms with Crippen LogP contribution in [0.4, 0.5) is 14.9 Å². The Morgan fingerprint density at radius 3 is 2.50 bits per heavy atom. The highest BCUT2D eigenvalue weighted by Gasteiger charge is 2.46. The number of nitrogens with zero attached hydrogens (tertiary/aromatic N) is 9. The van der Waals surface area contributed by atoms with E-state index in [9.17, 15) is 14.3 Å². The number of urea groups is 1. The number of aliphatic hydroxyl groups is 1. The van der Waals surface area contributed by atoms with Crippen molar-refractivity contribution in [1.29, 1.82) is 0 Å². The highest BCUT2D eigenvalue weighted by molar-refractivity contribution is 5.94. The van der Waals surface area contributed by atoms with Gasteiger partial charge in [-0.2, -0.15) is 5.10 Å². The van der Waals surface area contributed by atoms with Crippen LogP contribution in [0.5, 0.6) is 0 Å². The van der Waals surface area contributed by atoms with E-state index < -0.39 is 17.5 Å². The molecule has 1 N–H and O–H groups in total. The molecule has 1 fully saturated rings. The molecule has 1 aliphatic rings. The fourth-order valence-corrected chi connectivity index (χ4v) is 4.28. The van der Waals surface area contributed by atoms with E-state index in [1.54, 1.807) is 53.1 Å². The Labute approximate surface area is 194 Å². The average molecular weight is 463 g/mol. The third-order valence-electron chi connectivity index (χ3n) is 6.15. The van der Waals surface area contributed by atoms with Crippen molar-refractivity contribution in [3.05, 3.63) is 78.9 Å². The Balaban J connectivity index is 1.42. The molecule has 2 atom stereocenters. The molecule has 2 aromatic heterocycles. The first-order chi connectivity index (χ1) is 16.5. The highest BCUT2D eigenvalue weighted by atomic mass is 19.1. The van der Waals surface area contributed by atoms with Gasteiger partial charge >= 0.3 is 6.03 Å². The Bertz CT molecular complexity index is 1260. The maximum absolute atomic E-state index is 14.8. The molecule has 0 bridgehead atoms. The number of amides is 2. The molecule has 2 aromatic carbocycles. The average Bonchev–Trinajstić information content (AvgIpc) is 3.62. The zero-order chi connectivity index (χ0) is 23.7. The predicted octanol–water partition coefficient (Wildman–Crippen LogP) is 1.61. The number of benzene rings is 2. The number of aromatic nitrogens is 7. The maximum atomic E-state index is 14.8. The minimum atomic E-state index is -1.74. The second kappa shape index (κ2) is 8.63. The molecular formula is C22H22FN9O2. The van der Waals surface area contributed by atoms with Gasteiger partial charge < -0.3 is 10.0 Å². The lowest BCUT2D eigenvalue weighted by molar-refractivity contribution is -0.0474. The molecule has 4 aromatic rings. The van der Waals surface area contributed by atoms with Crippen molar-refractivity contribution in [2.45, 2.75) is 25.1 Å². The smallest absolute Gasteiger partial charge is 0.324 e. The molecule has 34 heavy (non-hydrogen) atoms. The van der Waals surface area contributed by atoms with Gasteiger partial charge in [-0.1, -0.05) is 18.2 Å². The predicted molar refractivity (Wildman–Crippen MR) is 118 cm³/mol. The number of rotatable bonds is 7. The maximum Gasteiger partial charge on any atom is 0.324 e. The summed E-state index contributed by atoms with van der Waals surface area (Å²) in [6.07, 6.45) is 4.13. The molecule has 174 valence electrons. The molecule has 5 rings (SSSR count). The quantitative estimate of drug-likeness (QED) is 0.442. The second-order valence-corrected chi connectivity index (χ2v) is 8.04. The van der Waals surface area contributed by atoms with E-state index in [1.165, 1.54) is 40.6 Å². The summed E-state index contributed by atoms with van der Waals surface area (Å²) in [6, 6.07) is 12.1. The standard InChI is InChI=1S/C22H22FN9O2/c1-16(22(34,12-29-15-24-13-26-29)19-4-2-3-5-20(19)23)30-10-11-31(21(30)33)17-6-8-18(9-7-17)32-27-14-25-28-32/h2-9,13-16,34H,10-12H2,1H3/t16-,22-/m1/s1. The molecule has 0 saturated carbocycles. The molecule has 1 aliphatic heterocycles. The molecule has 0 aliphatic carbocycles. The summed E-state index contributed by atoms with van der Waals surface area (Å²) in [5, 5.41) is 27.4. The highest BCUT2D eigenvalue weighted by Crippen LogP contribution is 2.34.